The Hall–Kier alpha value is -4.71. The number of nitro groups is 1. The Balaban J connectivity index is 1.46. The first kappa shape index (κ1) is 26.9. The molecule has 11 nitrogen and oxygen atoms in total. The van der Waals surface area contributed by atoms with Crippen LogP contribution in [0.3, 0.4) is 0 Å². The van der Waals surface area contributed by atoms with Gasteiger partial charge in [0.25, 0.3) is 11.6 Å². The second-order valence-corrected chi connectivity index (χ2v) is 10.7. The minimum absolute atomic E-state index is 0.0711. The van der Waals surface area contributed by atoms with Gasteiger partial charge in [0.05, 0.1) is 21.8 Å². The summed E-state index contributed by atoms with van der Waals surface area (Å²) in [5.41, 5.74) is 0.398. The summed E-state index contributed by atoms with van der Waals surface area (Å²) in [5, 5.41) is 28.5. The Bertz CT molecular complexity index is 1890. The van der Waals surface area contributed by atoms with Gasteiger partial charge < -0.3 is 9.15 Å². The molecule has 0 aliphatic rings. The minimum Gasteiger partial charge on any atom is -0.483 e. The fourth-order valence-electron chi connectivity index (χ4n) is 3.57. The highest BCUT2D eigenvalue weighted by Gasteiger charge is 2.17. The third kappa shape index (κ3) is 5.96. The maximum Gasteiger partial charge on any atom is 0.345 e. The number of allylic oxidation sites excluding steroid dienone is 1. The van der Waals surface area contributed by atoms with E-state index in [2.05, 4.69) is 31.2 Å². The number of fused-ring (bicyclic) bond motifs is 1. The summed E-state index contributed by atoms with van der Waals surface area (Å²) in [5.74, 6) is -0.334. The van der Waals surface area contributed by atoms with Crippen molar-refractivity contribution in [2.24, 2.45) is 0 Å². The fraction of sp³-hybridized carbons (Fsp3) is 0.0385. The van der Waals surface area contributed by atoms with Crippen molar-refractivity contribution in [3.8, 4) is 23.1 Å². The highest BCUT2D eigenvalue weighted by atomic mass is 79.9. The van der Waals surface area contributed by atoms with Gasteiger partial charge in [-0.3, -0.25) is 20.2 Å². The number of nitrogens with zero attached hydrogens (tertiary/aromatic N) is 4. The molecule has 3 aromatic heterocycles. The number of rotatable bonds is 8. The number of nitriles is 1. The number of halogens is 1. The number of amides is 1. The average molecular weight is 636 g/mol. The molecule has 2 aromatic carbocycles. The van der Waals surface area contributed by atoms with Gasteiger partial charge in [-0.1, -0.05) is 15.9 Å². The Morgan fingerprint density at radius 2 is 2.10 bits per heavy atom. The SMILES string of the molecule is N#C/C(=C\c1cc([N+](=O)[O-])ccc1OCC(=O)Nc1nccs1)c1nc(-c2cc3cc(Br)ccc3oc2=O)cs1. The summed E-state index contributed by atoms with van der Waals surface area (Å²) >= 11 is 5.75. The Morgan fingerprint density at radius 3 is 2.85 bits per heavy atom. The Morgan fingerprint density at radius 1 is 1.25 bits per heavy atom. The number of benzene rings is 2. The predicted octanol–water partition coefficient (Wildman–Crippen LogP) is 6.13. The number of aromatic nitrogens is 2. The van der Waals surface area contributed by atoms with E-state index in [0.717, 1.165) is 15.8 Å². The van der Waals surface area contributed by atoms with Crippen LogP contribution in [0.1, 0.15) is 10.6 Å². The fourth-order valence-corrected chi connectivity index (χ4v) is 5.28. The number of carbonyl (C=O) groups is 1. The average Bonchev–Trinajstić information content (AvgIpc) is 3.63. The second-order valence-electron chi connectivity index (χ2n) is 7.99. The van der Waals surface area contributed by atoms with Crippen molar-refractivity contribution in [1.29, 1.82) is 5.26 Å². The van der Waals surface area contributed by atoms with E-state index in [4.69, 9.17) is 9.15 Å². The molecule has 3 heterocycles. The highest BCUT2D eigenvalue weighted by Crippen LogP contribution is 2.32. The van der Waals surface area contributed by atoms with Crippen molar-refractivity contribution in [3.63, 3.8) is 0 Å². The van der Waals surface area contributed by atoms with Crippen LogP contribution in [0.2, 0.25) is 0 Å². The van der Waals surface area contributed by atoms with E-state index in [-0.39, 0.29) is 33.1 Å². The van der Waals surface area contributed by atoms with Crippen molar-refractivity contribution in [3.05, 3.63) is 95.0 Å². The van der Waals surface area contributed by atoms with Crippen LogP contribution < -0.4 is 15.7 Å². The van der Waals surface area contributed by atoms with E-state index in [1.54, 1.807) is 41.2 Å². The maximum atomic E-state index is 12.6. The molecular weight excluding hydrogens is 622 g/mol. The monoisotopic (exact) mass is 635 g/mol. The van der Waals surface area contributed by atoms with Crippen molar-refractivity contribution in [1.82, 2.24) is 9.97 Å². The molecule has 0 bridgehead atoms. The number of non-ortho nitro benzene ring substituents is 1. The molecule has 0 atom stereocenters. The molecule has 14 heteroatoms. The van der Waals surface area contributed by atoms with Gasteiger partial charge >= 0.3 is 5.63 Å². The maximum absolute atomic E-state index is 12.6. The molecule has 198 valence electrons. The number of nitrogens with one attached hydrogen (secondary N) is 1. The van der Waals surface area contributed by atoms with Gasteiger partial charge in [-0.05, 0) is 36.4 Å². The number of hydrogen-bond acceptors (Lipinski definition) is 11. The summed E-state index contributed by atoms with van der Waals surface area (Å²) in [6.07, 6.45) is 2.92. The molecule has 0 radical (unpaired) electrons. The number of hydrogen-bond donors (Lipinski definition) is 1. The third-order valence-corrected chi connectivity index (χ3v) is 7.42. The quantitative estimate of drug-likeness (QED) is 0.0915. The lowest BCUT2D eigenvalue weighted by molar-refractivity contribution is -0.384. The van der Waals surface area contributed by atoms with Gasteiger partial charge in [0, 0.05) is 44.5 Å². The summed E-state index contributed by atoms with van der Waals surface area (Å²) < 4.78 is 11.8. The number of ether oxygens (including phenoxy) is 1. The van der Waals surface area contributed by atoms with E-state index < -0.39 is 23.1 Å². The number of thiazole rings is 2. The van der Waals surface area contributed by atoms with E-state index in [1.807, 2.05) is 6.07 Å². The molecule has 0 spiro atoms. The normalized spacial score (nSPS) is 11.2. The molecule has 40 heavy (non-hydrogen) atoms. The molecule has 0 saturated heterocycles. The smallest absolute Gasteiger partial charge is 0.345 e. The third-order valence-electron chi connectivity index (χ3n) is 5.37. The van der Waals surface area contributed by atoms with E-state index in [1.165, 1.54) is 35.6 Å². The summed E-state index contributed by atoms with van der Waals surface area (Å²) in [4.78, 5) is 44.1. The molecule has 0 aliphatic heterocycles. The van der Waals surface area contributed by atoms with Crippen molar-refractivity contribution >= 4 is 77.9 Å². The van der Waals surface area contributed by atoms with Crippen LogP contribution in [-0.4, -0.2) is 27.4 Å². The first-order chi connectivity index (χ1) is 19.3. The van der Waals surface area contributed by atoms with Crippen LogP contribution in [-0.2, 0) is 4.79 Å². The van der Waals surface area contributed by atoms with Crippen LogP contribution in [0.4, 0.5) is 10.8 Å². The van der Waals surface area contributed by atoms with Crippen molar-refractivity contribution in [2.45, 2.75) is 0 Å². The Labute approximate surface area is 241 Å². The van der Waals surface area contributed by atoms with Gasteiger partial charge in [0.15, 0.2) is 11.7 Å². The molecule has 1 N–H and O–H groups in total. The van der Waals surface area contributed by atoms with Gasteiger partial charge in [0.1, 0.15) is 22.4 Å². The van der Waals surface area contributed by atoms with Crippen LogP contribution in [0.25, 0.3) is 33.9 Å². The topological polar surface area (TPSA) is 161 Å². The van der Waals surface area contributed by atoms with E-state index >= 15 is 0 Å². The second kappa shape index (κ2) is 11.6. The summed E-state index contributed by atoms with van der Waals surface area (Å²) in [6.45, 7) is -0.393. The zero-order valence-corrected chi connectivity index (χ0v) is 23.2. The van der Waals surface area contributed by atoms with Crippen molar-refractivity contribution < 1.29 is 18.9 Å². The standard InChI is InChI=1S/C26H14BrN5O6S2/c27-17-1-3-22-15(8-17)10-19(25(34)38-22)20-13-40-24(30-20)16(11-28)7-14-9-18(32(35)36)2-4-21(14)37-12-23(33)31-26-29-5-6-39-26/h1-10,13H,12H2,(H,29,31,33)/b16-7+. The van der Waals surface area contributed by atoms with Gasteiger partial charge in [-0.25, -0.2) is 14.8 Å². The zero-order valence-electron chi connectivity index (χ0n) is 20.0. The van der Waals surface area contributed by atoms with Crippen LogP contribution in [0.15, 0.2) is 73.1 Å². The lowest BCUT2D eigenvalue weighted by Crippen LogP contribution is -2.20. The molecule has 0 fully saturated rings. The lowest BCUT2D eigenvalue weighted by atomic mass is 10.1. The number of carbonyl (C=O) groups excluding carboxylic acids is 1. The molecular formula is C26H14BrN5O6S2. The van der Waals surface area contributed by atoms with Gasteiger partial charge in [-0.15, -0.1) is 22.7 Å². The van der Waals surface area contributed by atoms with E-state index in [9.17, 15) is 25.0 Å². The molecule has 5 rings (SSSR count). The molecule has 0 aliphatic carbocycles. The predicted molar refractivity (Wildman–Crippen MR) is 154 cm³/mol. The number of anilines is 1. The minimum atomic E-state index is -0.584. The van der Waals surface area contributed by atoms with Crippen molar-refractivity contribution in [2.75, 3.05) is 11.9 Å². The molecule has 5 aromatic rings. The van der Waals surface area contributed by atoms with Crippen LogP contribution >= 0.6 is 38.6 Å². The van der Waals surface area contributed by atoms with Gasteiger partial charge in [0.2, 0.25) is 0 Å². The van der Waals surface area contributed by atoms with E-state index in [0.29, 0.717) is 21.8 Å². The summed E-state index contributed by atoms with van der Waals surface area (Å²) in [7, 11) is 0. The molecule has 0 unspecified atom stereocenters. The van der Waals surface area contributed by atoms with Gasteiger partial charge in [-0.2, -0.15) is 5.26 Å². The Kier molecular flexibility index (Phi) is 7.78. The first-order valence-corrected chi connectivity index (χ1v) is 13.8. The van der Waals surface area contributed by atoms with Crippen LogP contribution in [0.5, 0.6) is 5.75 Å². The lowest BCUT2D eigenvalue weighted by Gasteiger charge is -2.09. The zero-order chi connectivity index (χ0) is 28.2. The largest absolute Gasteiger partial charge is 0.483 e. The summed E-state index contributed by atoms with van der Waals surface area (Å²) in [6, 6.07) is 12.7. The first-order valence-electron chi connectivity index (χ1n) is 11.2. The molecule has 0 saturated carbocycles. The highest BCUT2D eigenvalue weighted by molar-refractivity contribution is 9.10. The van der Waals surface area contributed by atoms with Crippen LogP contribution in [0, 0.1) is 21.4 Å². The molecule has 1 amide bonds. The number of nitro benzene ring substituents is 1.